The average molecular weight is 220 g/mol. The van der Waals surface area contributed by atoms with Gasteiger partial charge in [-0.25, -0.2) is 0 Å². The van der Waals surface area contributed by atoms with E-state index < -0.39 is 0 Å². The van der Waals surface area contributed by atoms with Crippen LogP contribution in [0.4, 0.5) is 0 Å². The van der Waals surface area contributed by atoms with E-state index in [1.165, 1.54) is 5.56 Å². The predicted molar refractivity (Wildman–Crippen MR) is 65.7 cm³/mol. The Morgan fingerprint density at radius 3 is 3.06 bits per heavy atom. The lowest BCUT2D eigenvalue weighted by Gasteiger charge is -2.15. The van der Waals surface area contributed by atoms with Crippen molar-refractivity contribution in [2.75, 3.05) is 26.7 Å². The number of ether oxygens (including phenoxy) is 1. The second kappa shape index (κ2) is 5.32. The van der Waals surface area contributed by atoms with Gasteiger partial charge in [0, 0.05) is 19.1 Å². The first kappa shape index (κ1) is 11.4. The molecular formula is C13H20N2O. The topological polar surface area (TPSA) is 38.5 Å². The zero-order valence-corrected chi connectivity index (χ0v) is 9.86. The van der Waals surface area contributed by atoms with Crippen LogP contribution in [-0.2, 0) is 6.42 Å². The van der Waals surface area contributed by atoms with Crippen LogP contribution in [0.2, 0.25) is 0 Å². The average Bonchev–Trinajstić information content (AvgIpc) is 2.73. The van der Waals surface area contributed by atoms with Gasteiger partial charge in [0.25, 0.3) is 0 Å². The number of benzene rings is 1. The Hall–Kier alpha value is -1.06. The van der Waals surface area contributed by atoms with Crippen LogP contribution in [0.5, 0.6) is 5.75 Å². The third kappa shape index (κ3) is 2.97. The molecule has 1 aromatic carbocycles. The molecule has 0 spiro atoms. The molecule has 1 atom stereocenters. The van der Waals surface area contributed by atoms with Gasteiger partial charge < -0.3 is 15.4 Å². The van der Waals surface area contributed by atoms with Crippen LogP contribution >= 0.6 is 0 Å². The van der Waals surface area contributed by atoms with E-state index in [0.29, 0.717) is 6.04 Å². The van der Waals surface area contributed by atoms with Gasteiger partial charge in [-0.2, -0.15) is 0 Å². The third-order valence-electron chi connectivity index (χ3n) is 3.16. The van der Waals surface area contributed by atoms with Crippen molar-refractivity contribution in [1.82, 2.24) is 4.90 Å². The van der Waals surface area contributed by atoms with Crippen LogP contribution in [0.3, 0.4) is 0 Å². The lowest BCUT2D eigenvalue weighted by molar-refractivity contribution is 0.338. The Bertz CT molecular complexity index is 340. The SMILES string of the molecule is COc1cccc(CCN2CCC(N)C2)c1. The van der Waals surface area contributed by atoms with Crippen LogP contribution in [-0.4, -0.2) is 37.7 Å². The fraction of sp³-hybridized carbons (Fsp3) is 0.538. The largest absolute Gasteiger partial charge is 0.497 e. The van der Waals surface area contributed by atoms with Crippen LogP contribution in [0.15, 0.2) is 24.3 Å². The zero-order chi connectivity index (χ0) is 11.4. The van der Waals surface area contributed by atoms with Crippen molar-refractivity contribution in [2.45, 2.75) is 18.9 Å². The Morgan fingerprint density at radius 2 is 2.38 bits per heavy atom. The summed E-state index contributed by atoms with van der Waals surface area (Å²) >= 11 is 0. The van der Waals surface area contributed by atoms with Crippen molar-refractivity contribution < 1.29 is 4.74 Å². The molecule has 3 nitrogen and oxygen atoms in total. The smallest absolute Gasteiger partial charge is 0.119 e. The van der Waals surface area contributed by atoms with Crippen molar-refractivity contribution in [1.29, 1.82) is 0 Å². The molecule has 0 bridgehead atoms. The fourth-order valence-electron chi connectivity index (χ4n) is 2.18. The monoisotopic (exact) mass is 220 g/mol. The van der Waals surface area contributed by atoms with E-state index in [1.54, 1.807) is 7.11 Å². The van der Waals surface area contributed by atoms with E-state index >= 15 is 0 Å². The highest BCUT2D eigenvalue weighted by molar-refractivity contribution is 5.28. The highest BCUT2D eigenvalue weighted by Crippen LogP contribution is 2.14. The summed E-state index contributed by atoms with van der Waals surface area (Å²) in [6.45, 7) is 3.29. The summed E-state index contributed by atoms with van der Waals surface area (Å²) in [5.74, 6) is 0.940. The number of nitrogens with two attached hydrogens (primary N) is 1. The molecule has 0 radical (unpaired) electrons. The van der Waals surface area contributed by atoms with Crippen molar-refractivity contribution in [3.8, 4) is 5.75 Å². The molecule has 1 heterocycles. The predicted octanol–water partition coefficient (Wildman–Crippen LogP) is 1.27. The van der Waals surface area contributed by atoms with Crippen LogP contribution < -0.4 is 10.5 Å². The van der Waals surface area contributed by atoms with Gasteiger partial charge in [0.15, 0.2) is 0 Å². The lowest BCUT2D eigenvalue weighted by atomic mass is 10.1. The fourth-order valence-corrected chi connectivity index (χ4v) is 2.18. The first-order valence-electron chi connectivity index (χ1n) is 5.89. The van der Waals surface area contributed by atoms with Gasteiger partial charge in [0.1, 0.15) is 5.75 Å². The van der Waals surface area contributed by atoms with E-state index in [4.69, 9.17) is 10.5 Å². The highest BCUT2D eigenvalue weighted by Gasteiger charge is 2.18. The van der Waals surface area contributed by atoms with Crippen LogP contribution in [0.1, 0.15) is 12.0 Å². The van der Waals surface area contributed by atoms with E-state index in [2.05, 4.69) is 17.0 Å². The summed E-state index contributed by atoms with van der Waals surface area (Å²) in [6, 6.07) is 8.67. The van der Waals surface area contributed by atoms with Crippen molar-refractivity contribution in [3.05, 3.63) is 29.8 Å². The molecule has 0 aliphatic carbocycles. The number of nitrogens with zero attached hydrogens (tertiary/aromatic N) is 1. The van der Waals surface area contributed by atoms with Crippen molar-refractivity contribution in [3.63, 3.8) is 0 Å². The minimum atomic E-state index is 0.380. The molecule has 1 aromatic rings. The normalized spacial score (nSPS) is 21.2. The minimum absolute atomic E-state index is 0.380. The van der Waals surface area contributed by atoms with Gasteiger partial charge >= 0.3 is 0 Å². The second-order valence-electron chi connectivity index (χ2n) is 4.45. The highest BCUT2D eigenvalue weighted by atomic mass is 16.5. The van der Waals surface area contributed by atoms with Gasteiger partial charge in [-0.05, 0) is 37.1 Å². The molecular weight excluding hydrogens is 200 g/mol. The molecule has 0 amide bonds. The summed E-state index contributed by atoms with van der Waals surface area (Å²) in [4.78, 5) is 2.43. The van der Waals surface area contributed by atoms with E-state index in [1.807, 2.05) is 12.1 Å². The maximum atomic E-state index is 5.88. The van der Waals surface area contributed by atoms with Crippen molar-refractivity contribution in [2.24, 2.45) is 5.73 Å². The number of hydrogen-bond donors (Lipinski definition) is 1. The first-order chi connectivity index (χ1) is 7.78. The molecule has 0 saturated carbocycles. The zero-order valence-electron chi connectivity index (χ0n) is 9.86. The van der Waals surface area contributed by atoms with Crippen molar-refractivity contribution >= 4 is 0 Å². The molecule has 1 fully saturated rings. The van der Waals surface area contributed by atoms with E-state index in [0.717, 1.165) is 38.2 Å². The van der Waals surface area contributed by atoms with E-state index in [-0.39, 0.29) is 0 Å². The maximum Gasteiger partial charge on any atom is 0.119 e. The van der Waals surface area contributed by atoms with Crippen LogP contribution in [0, 0.1) is 0 Å². The van der Waals surface area contributed by atoms with E-state index in [9.17, 15) is 0 Å². The molecule has 3 heteroatoms. The Kier molecular flexibility index (Phi) is 3.80. The summed E-state index contributed by atoms with van der Waals surface area (Å²) in [6.07, 6.45) is 2.21. The molecule has 1 unspecified atom stereocenters. The summed E-state index contributed by atoms with van der Waals surface area (Å²) in [7, 11) is 1.71. The molecule has 2 rings (SSSR count). The molecule has 2 N–H and O–H groups in total. The molecule has 1 saturated heterocycles. The standard InChI is InChI=1S/C13H20N2O/c1-16-13-4-2-3-11(9-13)5-7-15-8-6-12(14)10-15/h2-4,9,12H,5-8,10,14H2,1H3. The summed E-state index contributed by atoms with van der Waals surface area (Å²) < 4.78 is 5.21. The molecule has 1 aliphatic heterocycles. The summed E-state index contributed by atoms with van der Waals surface area (Å²) in [5, 5.41) is 0. The molecule has 16 heavy (non-hydrogen) atoms. The molecule has 0 aromatic heterocycles. The van der Waals surface area contributed by atoms with Crippen LogP contribution in [0.25, 0.3) is 0 Å². The Balaban J connectivity index is 1.84. The van der Waals surface area contributed by atoms with Gasteiger partial charge in [0.05, 0.1) is 7.11 Å². The van der Waals surface area contributed by atoms with Gasteiger partial charge in [-0.3, -0.25) is 0 Å². The number of methoxy groups -OCH3 is 1. The molecule has 1 aliphatic rings. The number of rotatable bonds is 4. The van der Waals surface area contributed by atoms with Gasteiger partial charge in [-0.15, -0.1) is 0 Å². The summed E-state index contributed by atoms with van der Waals surface area (Å²) in [5.41, 5.74) is 7.21. The third-order valence-corrected chi connectivity index (χ3v) is 3.16. The second-order valence-corrected chi connectivity index (χ2v) is 4.45. The Labute approximate surface area is 97.2 Å². The first-order valence-corrected chi connectivity index (χ1v) is 5.89. The van der Waals surface area contributed by atoms with Gasteiger partial charge in [-0.1, -0.05) is 12.1 Å². The Morgan fingerprint density at radius 1 is 1.50 bits per heavy atom. The lowest BCUT2D eigenvalue weighted by Crippen LogP contribution is -2.28. The number of likely N-dealkylation sites (tertiary alicyclic amines) is 1. The minimum Gasteiger partial charge on any atom is -0.497 e. The quantitative estimate of drug-likeness (QED) is 0.830. The number of hydrogen-bond acceptors (Lipinski definition) is 3. The maximum absolute atomic E-state index is 5.88. The molecule has 88 valence electrons. The van der Waals surface area contributed by atoms with Gasteiger partial charge in [0.2, 0.25) is 0 Å².